The van der Waals surface area contributed by atoms with E-state index >= 15 is 0 Å². The minimum absolute atomic E-state index is 0.0681. The molecular weight excluding hydrogens is 264 g/mol. The summed E-state index contributed by atoms with van der Waals surface area (Å²) in [4.78, 5) is 26.3. The number of thiazole rings is 1. The molecule has 1 aromatic heterocycles. The SMILES string of the molecule is CC1CCCC(CNC(=O)c2nc(C(=O)O)cs2)C1. The minimum Gasteiger partial charge on any atom is -0.476 e. The van der Waals surface area contributed by atoms with Crippen molar-refractivity contribution in [3.8, 4) is 0 Å². The molecule has 1 aliphatic carbocycles. The Labute approximate surface area is 116 Å². The number of nitrogens with zero attached hydrogens (tertiary/aromatic N) is 1. The molecule has 2 N–H and O–H groups in total. The van der Waals surface area contributed by atoms with Crippen molar-refractivity contribution in [1.82, 2.24) is 10.3 Å². The van der Waals surface area contributed by atoms with Gasteiger partial charge in [0, 0.05) is 11.9 Å². The molecule has 6 heteroatoms. The zero-order valence-corrected chi connectivity index (χ0v) is 11.7. The molecular formula is C13H18N2O3S. The standard InChI is InChI=1S/C13H18N2O3S/c1-8-3-2-4-9(5-8)6-14-11(16)12-15-10(7-19-12)13(17)18/h7-9H,2-6H2,1H3,(H,14,16)(H,17,18). The first kappa shape index (κ1) is 14.0. The van der Waals surface area contributed by atoms with Gasteiger partial charge in [-0.15, -0.1) is 11.3 Å². The van der Waals surface area contributed by atoms with Gasteiger partial charge in [0.05, 0.1) is 0 Å². The summed E-state index contributed by atoms with van der Waals surface area (Å²) in [7, 11) is 0. The molecule has 0 aromatic carbocycles. The quantitative estimate of drug-likeness (QED) is 0.888. The fourth-order valence-corrected chi connectivity index (χ4v) is 3.24. The number of carbonyl (C=O) groups excluding carboxylic acids is 1. The fraction of sp³-hybridized carbons (Fsp3) is 0.615. The Morgan fingerprint density at radius 2 is 2.32 bits per heavy atom. The predicted molar refractivity (Wildman–Crippen MR) is 72.5 cm³/mol. The van der Waals surface area contributed by atoms with Gasteiger partial charge in [0.1, 0.15) is 0 Å². The van der Waals surface area contributed by atoms with E-state index in [9.17, 15) is 9.59 Å². The van der Waals surface area contributed by atoms with Gasteiger partial charge in [-0.25, -0.2) is 9.78 Å². The maximum atomic E-state index is 11.8. The van der Waals surface area contributed by atoms with E-state index in [4.69, 9.17) is 5.11 Å². The summed E-state index contributed by atoms with van der Waals surface area (Å²) in [6, 6.07) is 0. The van der Waals surface area contributed by atoms with Crippen molar-refractivity contribution in [2.24, 2.45) is 11.8 Å². The Morgan fingerprint density at radius 1 is 1.53 bits per heavy atom. The second-order valence-electron chi connectivity index (χ2n) is 5.19. The highest BCUT2D eigenvalue weighted by molar-refractivity contribution is 7.11. The fourth-order valence-electron chi connectivity index (χ4n) is 2.53. The lowest BCUT2D eigenvalue weighted by atomic mass is 9.82. The number of nitrogens with one attached hydrogen (secondary N) is 1. The van der Waals surface area contributed by atoms with Crippen LogP contribution in [-0.4, -0.2) is 28.5 Å². The highest BCUT2D eigenvalue weighted by Gasteiger charge is 2.20. The number of carboxylic acids is 1. The number of hydrogen-bond acceptors (Lipinski definition) is 4. The second kappa shape index (κ2) is 6.14. The molecule has 1 fully saturated rings. The van der Waals surface area contributed by atoms with E-state index in [0.29, 0.717) is 12.5 Å². The van der Waals surface area contributed by atoms with Crippen LogP contribution < -0.4 is 5.32 Å². The summed E-state index contributed by atoms with van der Waals surface area (Å²) in [6.45, 7) is 2.90. The van der Waals surface area contributed by atoms with Crippen molar-refractivity contribution in [3.63, 3.8) is 0 Å². The van der Waals surface area contributed by atoms with Crippen LogP contribution in [0.25, 0.3) is 0 Å². The van der Waals surface area contributed by atoms with Crippen LogP contribution in [0.3, 0.4) is 0 Å². The van der Waals surface area contributed by atoms with Gasteiger partial charge in [0.25, 0.3) is 5.91 Å². The zero-order chi connectivity index (χ0) is 13.8. The molecule has 0 saturated heterocycles. The van der Waals surface area contributed by atoms with E-state index in [1.807, 2.05) is 0 Å². The van der Waals surface area contributed by atoms with E-state index in [2.05, 4.69) is 17.2 Å². The maximum absolute atomic E-state index is 11.8. The molecule has 1 saturated carbocycles. The third kappa shape index (κ3) is 3.76. The summed E-state index contributed by atoms with van der Waals surface area (Å²) in [5.41, 5.74) is -0.0681. The number of amides is 1. The first-order valence-electron chi connectivity index (χ1n) is 6.53. The van der Waals surface area contributed by atoms with E-state index in [1.165, 1.54) is 18.2 Å². The number of carboxylic acid groups (broad SMARTS) is 1. The zero-order valence-electron chi connectivity index (χ0n) is 10.9. The molecule has 19 heavy (non-hydrogen) atoms. The topological polar surface area (TPSA) is 79.3 Å². The van der Waals surface area contributed by atoms with E-state index in [0.717, 1.165) is 30.1 Å². The highest BCUT2D eigenvalue weighted by atomic mass is 32.1. The largest absolute Gasteiger partial charge is 0.476 e. The molecule has 0 aliphatic heterocycles. The van der Waals surface area contributed by atoms with Crippen molar-refractivity contribution < 1.29 is 14.7 Å². The lowest BCUT2D eigenvalue weighted by Gasteiger charge is -2.26. The van der Waals surface area contributed by atoms with Gasteiger partial charge in [-0.1, -0.05) is 19.8 Å². The summed E-state index contributed by atoms with van der Waals surface area (Å²) >= 11 is 1.07. The molecule has 1 amide bonds. The summed E-state index contributed by atoms with van der Waals surface area (Å²) in [5, 5.41) is 13.2. The maximum Gasteiger partial charge on any atom is 0.355 e. The number of rotatable bonds is 4. The number of aromatic nitrogens is 1. The lowest BCUT2D eigenvalue weighted by Crippen LogP contribution is -2.31. The molecule has 0 bridgehead atoms. The first-order chi connectivity index (χ1) is 9.06. The second-order valence-corrected chi connectivity index (χ2v) is 6.05. The molecule has 0 radical (unpaired) electrons. The Kier molecular flexibility index (Phi) is 4.52. The minimum atomic E-state index is -1.10. The molecule has 104 valence electrons. The van der Waals surface area contributed by atoms with Crippen molar-refractivity contribution in [2.75, 3.05) is 6.54 Å². The van der Waals surface area contributed by atoms with Crippen molar-refractivity contribution in [3.05, 3.63) is 16.1 Å². The number of hydrogen-bond donors (Lipinski definition) is 2. The van der Waals surface area contributed by atoms with Gasteiger partial charge in [-0.2, -0.15) is 0 Å². The molecule has 2 unspecified atom stereocenters. The Morgan fingerprint density at radius 3 is 2.95 bits per heavy atom. The van der Waals surface area contributed by atoms with Gasteiger partial charge in [-0.3, -0.25) is 4.79 Å². The third-order valence-corrected chi connectivity index (χ3v) is 4.35. The monoisotopic (exact) mass is 282 g/mol. The van der Waals surface area contributed by atoms with E-state index in [1.54, 1.807) is 0 Å². The van der Waals surface area contributed by atoms with Gasteiger partial charge < -0.3 is 10.4 Å². The summed E-state index contributed by atoms with van der Waals surface area (Å²) in [6.07, 6.45) is 4.81. The molecule has 0 spiro atoms. The normalized spacial score (nSPS) is 23.0. The van der Waals surface area contributed by atoms with E-state index in [-0.39, 0.29) is 16.6 Å². The summed E-state index contributed by atoms with van der Waals surface area (Å²) in [5.74, 6) is -0.104. The van der Waals surface area contributed by atoms with Crippen LogP contribution in [0, 0.1) is 11.8 Å². The third-order valence-electron chi connectivity index (χ3n) is 3.51. The van der Waals surface area contributed by atoms with Gasteiger partial charge in [0.2, 0.25) is 0 Å². The van der Waals surface area contributed by atoms with Gasteiger partial charge >= 0.3 is 5.97 Å². The van der Waals surface area contributed by atoms with Crippen LogP contribution in [0.5, 0.6) is 0 Å². The predicted octanol–water partition coefficient (Wildman–Crippen LogP) is 2.40. The van der Waals surface area contributed by atoms with Crippen molar-refractivity contribution >= 4 is 23.2 Å². The van der Waals surface area contributed by atoms with Gasteiger partial charge in [-0.05, 0) is 24.7 Å². The molecule has 2 rings (SSSR count). The van der Waals surface area contributed by atoms with Gasteiger partial charge in [0.15, 0.2) is 10.7 Å². The average molecular weight is 282 g/mol. The highest BCUT2D eigenvalue weighted by Crippen LogP contribution is 2.27. The van der Waals surface area contributed by atoms with Crippen LogP contribution in [0.4, 0.5) is 0 Å². The van der Waals surface area contributed by atoms with Crippen LogP contribution in [0.2, 0.25) is 0 Å². The Balaban J connectivity index is 1.85. The molecule has 5 nitrogen and oxygen atoms in total. The van der Waals surface area contributed by atoms with Crippen molar-refractivity contribution in [1.29, 1.82) is 0 Å². The molecule has 1 aromatic rings. The van der Waals surface area contributed by atoms with Crippen LogP contribution in [0.15, 0.2) is 5.38 Å². The Bertz CT molecular complexity index is 472. The molecule has 1 aliphatic rings. The average Bonchev–Trinajstić information content (AvgIpc) is 2.86. The summed E-state index contributed by atoms with van der Waals surface area (Å²) < 4.78 is 0. The molecule has 2 atom stereocenters. The number of carbonyl (C=O) groups is 2. The van der Waals surface area contributed by atoms with Crippen LogP contribution in [0.1, 0.15) is 52.9 Å². The van der Waals surface area contributed by atoms with E-state index < -0.39 is 5.97 Å². The van der Waals surface area contributed by atoms with Crippen LogP contribution >= 0.6 is 11.3 Å². The number of aromatic carboxylic acids is 1. The van der Waals surface area contributed by atoms with Crippen LogP contribution in [-0.2, 0) is 0 Å². The first-order valence-corrected chi connectivity index (χ1v) is 7.41. The Hall–Kier alpha value is -1.43. The molecule has 1 heterocycles. The lowest BCUT2D eigenvalue weighted by molar-refractivity contribution is 0.0691. The van der Waals surface area contributed by atoms with Crippen molar-refractivity contribution in [2.45, 2.75) is 32.6 Å². The smallest absolute Gasteiger partial charge is 0.355 e.